The first kappa shape index (κ1) is 17.8. The maximum atomic E-state index is 13.1. The van der Waals surface area contributed by atoms with Crippen LogP contribution < -0.4 is 51.4 Å². The summed E-state index contributed by atoms with van der Waals surface area (Å²) in [6.45, 7) is -0.250. The molecule has 19 heavy (non-hydrogen) atoms. The Morgan fingerprint density at radius 1 is 1.26 bits per heavy atom. The van der Waals surface area contributed by atoms with Crippen LogP contribution in [0.2, 0.25) is 5.31 Å². The molecule has 2 rings (SSSR count). The van der Waals surface area contributed by atoms with Crippen LogP contribution in [0.1, 0.15) is 33.6 Å². The first-order valence-corrected chi connectivity index (χ1v) is 6.22. The molecule has 1 aliphatic carbocycles. The van der Waals surface area contributed by atoms with Crippen molar-refractivity contribution in [3.05, 3.63) is 0 Å². The van der Waals surface area contributed by atoms with Gasteiger partial charge in [-0.3, -0.25) is 0 Å². The van der Waals surface area contributed by atoms with Gasteiger partial charge in [0.25, 0.3) is 0 Å². The molecule has 1 heterocycles. The fourth-order valence-electron chi connectivity index (χ4n) is 2.51. The van der Waals surface area contributed by atoms with Crippen LogP contribution in [0.3, 0.4) is 0 Å². The minimum absolute atomic E-state index is 0. The average Bonchev–Trinajstić information content (AvgIpc) is 2.78. The molecule has 1 saturated heterocycles. The van der Waals surface area contributed by atoms with E-state index in [9.17, 15) is 17.7 Å². The molecule has 1 amide bonds. The number of nitrogens with zero attached hydrogens (tertiary/aromatic N) is 1. The van der Waals surface area contributed by atoms with Crippen LogP contribution in [-0.2, 0) is 4.74 Å². The summed E-state index contributed by atoms with van der Waals surface area (Å²) in [6.07, 6.45) is 0.617. The van der Waals surface area contributed by atoms with Crippen LogP contribution in [0.15, 0.2) is 0 Å². The van der Waals surface area contributed by atoms with Gasteiger partial charge in [0.1, 0.15) is 5.60 Å². The minimum Gasteiger partial charge on any atom is -0.448 e. The third-order valence-electron chi connectivity index (χ3n) is 3.66. The molecule has 1 aliphatic heterocycles. The van der Waals surface area contributed by atoms with Gasteiger partial charge in [-0.25, -0.2) is 4.79 Å². The molecule has 2 aliphatic rings. The van der Waals surface area contributed by atoms with E-state index >= 15 is 0 Å². The molecule has 0 spiro atoms. The summed E-state index contributed by atoms with van der Waals surface area (Å²) in [4.78, 5) is 12.8. The Balaban J connectivity index is 0.00000180. The summed E-state index contributed by atoms with van der Waals surface area (Å²) in [6, 6.07) is 0. The molecule has 0 radical (unpaired) electrons. The summed E-state index contributed by atoms with van der Waals surface area (Å²) >= 11 is 0. The van der Waals surface area contributed by atoms with Gasteiger partial charge < -0.3 is 22.6 Å². The van der Waals surface area contributed by atoms with Gasteiger partial charge in [-0.05, 0) is 26.1 Å². The Hall–Kier alpha value is 0.761. The van der Waals surface area contributed by atoms with Crippen LogP contribution in [0.25, 0.3) is 0 Å². The van der Waals surface area contributed by atoms with Gasteiger partial charge >= 0.3 is 64.5 Å². The van der Waals surface area contributed by atoms with Crippen LogP contribution in [0.4, 0.5) is 17.7 Å². The topological polar surface area (TPSA) is 29.5 Å². The van der Waals surface area contributed by atoms with Gasteiger partial charge in [0.2, 0.25) is 0 Å². The molecular formula is C11H18BF3KNO2. The first-order chi connectivity index (χ1) is 8.05. The number of hydrogen-bond donors (Lipinski definition) is 0. The Kier molecular flexibility index (Phi) is 5.17. The summed E-state index contributed by atoms with van der Waals surface area (Å²) in [7, 11) is 0. The number of carbonyl (C=O) groups is 1. The molecule has 0 aromatic carbocycles. The fourth-order valence-corrected chi connectivity index (χ4v) is 2.51. The Bertz CT molecular complexity index is 360. The molecule has 0 N–H and O–H groups in total. The van der Waals surface area contributed by atoms with E-state index < -0.39 is 24.0 Å². The van der Waals surface area contributed by atoms with E-state index in [1.807, 2.05) is 0 Å². The predicted molar refractivity (Wildman–Crippen MR) is 62.3 cm³/mol. The molecular weight excluding hydrogens is 285 g/mol. The van der Waals surface area contributed by atoms with Crippen molar-refractivity contribution in [2.75, 3.05) is 13.1 Å². The third-order valence-corrected chi connectivity index (χ3v) is 3.66. The fraction of sp³-hybridized carbons (Fsp3) is 0.909. The van der Waals surface area contributed by atoms with Crippen molar-refractivity contribution in [1.29, 1.82) is 0 Å². The number of rotatable bonds is 2. The maximum Gasteiger partial charge on any atom is 1.00 e. The molecule has 0 atom stereocenters. The quantitative estimate of drug-likeness (QED) is 0.684. The summed E-state index contributed by atoms with van der Waals surface area (Å²) in [5.41, 5.74) is -0.668. The number of hydrogen-bond acceptors (Lipinski definition) is 2. The standard InChI is InChI=1S/C11H18BF3NO2.K/c1-10(2,3)18-9(17)16-6-11(7-16,8-4-5-8)12(13,14)15;/h8H,4-7H2,1-3H3;/q-1;+1. The van der Waals surface area contributed by atoms with E-state index in [0.717, 1.165) is 0 Å². The van der Waals surface area contributed by atoms with Crippen LogP contribution >= 0.6 is 0 Å². The number of halogens is 3. The van der Waals surface area contributed by atoms with Crippen molar-refractivity contribution in [2.45, 2.75) is 44.5 Å². The largest absolute Gasteiger partial charge is 1.00 e. The molecule has 2 fully saturated rings. The number of carbonyl (C=O) groups excluding carboxylic acids is 1. The first-order valence-electron chi connectivity index (χ1n) is 6.22. The summed E-state index contributed by atoms with van der Waals surface area (Å²) in [5.74, 6) is -0.281. The normalized spacial score (nSPS) is 22.3. The van der Waals surface area contributed by atoms with Gasteiger partial charge in [-0.1, -0.05) is 18.8 Å². The van der Waals surface area contributed by atoms with Crippen molar-refractivity contribution in [1.82, 2.24) is 4.90 Å². The molecule has 104 valence electrons. The second-order valence-electron chi connectivity index (χ2n) is 6.42. The van der Waals surface area contributed by atoms with Crippen molar-refractivity contribution in [3.63, 3.8) is 0 Å². The second-order valence-corrected chi connectivity index (χ2v) is 6.42. The van der Waals surface area contributed by atoms with E-state index in [-0.39, 0.29) is 70.4 Å². The van der Waals surface area contributed by atoms with Crippen LogP contribution in [-0.4, -0.2) is 36.7 Å². The molecule has 0 aromatic heterocycles. The maximum absolute atomic E-state index is 13.1. The second kappa shape index (κ2) is 5.51. The molecule has 0 aromatic rings. The monoisotopic (exact) mass is 303 g/mol. The number of ether oxygens (including phenoxy) is 1. The zero-order valence-corrected chi connectivity index (χ0v) is 15.0. The van der Waals surface area contributed by atoms with Crippen molar-refractivity contribution >= 4 is 13.1 Å². The van der Waals surface area contributed by atoms with Gasteiger partial charge in [-0.15, -0.1) is 0 Å². The minimum atomic E-state index is -4.90. The van der Waals surface area contributed by atoms with Gasteiger partial charge in [0.05, 0.1) is 0 Å². The van der Waals surface area contributed by atoms with E-state index in [1.54, 1.807) is 20.8 Å². The van der Waals surface area contributed by atoms with Crippen molar-refractivity contribution < 1.29 is 73.9 Å². The molecule has 0 bridgehead atoms. The molecule has 0 unspecified atom stereocenters. The van der Waals surface area contributed by atoms with Gasteiger partial charge in [0, 0.05) is 13.1 Å². The molecule has 8 heteroatoms. The van der Waals surface area contributed by atoms with E-state index in [1.165, 1.54) is 4.90 Å². The van der Waals surface area contributed by atoms with Gasteiger partial charge in [0.15, 0.2) is 0 Å². The van der Waals surface area contributed by atoms with E-state index in [0.29, 0.717) is 12.8 Å². The Morgan fingerprint density at radius 2 is 1.74 bits per heavy atom. The smallest absolute Gasteiger partial charge is 0.448 e. The van der Waals surface area contributed by atoms with E-state index in [4.69, 9.17) is 4.74 Å². The molecule has 1 saturated carbocycles. The third kappa shape index (κ3) is 3.70. The summed E-state index contributed by atoms with van der Waals surface area (Å²) in [5, 5.41) is -1.61. The Labute approximate surface area is 154 Å². The SMILES string of the molecule is CC(C)(C)OC(=O)N1CC(C2CC2)([B-](F)(F)F)C1.[K+]. The van der Waals surface area contributed by atoms with E-state index in [2.05, 4.69) is 0 Å². The van der Waals surface area contributed by atoms with Crippen molar-refractivity contribution in [2.24, 2.45) is 5.92 Å². The zero-order valence-electron chi connectivity index (χ0n) is 11.9. The van der Waals surface area contributed by atoms with Crippen LogP contribution in [0, 0.1) is 5.92 Å². The van der Waals surface area contributed by atoms with Crippen molar-refractivity contribution in [3.8, 4) is 0 Å². The summed E-state index contributed by atoms with van der Waals surface area (Å²) < 4.78 is 44.4. The Morgan fingerprint density at radius 3 is 2.05 bits per heavy atom. The van der Waals surface area contributed by atoms with Crippen LogP contribution in [0.5, 0.6) is 0 Å². The number of likely N-dealkylation sites (tertiary alicyclic amines) is 1. The van der Waals surface area contributed by atoms with Gasteiger partial charge in [-0.2, -0.15) is 0 Å². The zero-order chi connectivity index (χ0) is 13.8. The molecule has 3 nitrogen and oxygen atoms in total. The average molecular weight is 303 g/mol. The number of amides is 1. The predicted octanol–water partition coefficient (Wildman–Crippen LogP) is 0.239.